The highest BCUT2D eigenvalue weighted by Gasteiger charge is 2.50. The van der Waals surface area contributed by atoms with Gasteiger partial charge in [0.05, 0.1) is 0 Å². The molecule has 2 atom stereocenters. The lowest BCUT2D eigenvalue weighted by Crippen LogP contribution is -2.46. The van der Waals surface area contributed by atoms with E-state index in [1.807, 2.05) is 6.92 Å². The van der Waals surface area contributed by atoms with Crippen LogP contribution in [-0.4, -0.2) is 5.78 Å². The fourth-order valence-electron chi connectivity index (χ4n) is 3.93. The first kappa shape index (κ1) is 11.9. The molecule has 2 aliphatic rings. The van der Waals surface area contributed by atoms with Crippen molar-refractivity contribution in [3.8, 4) is 0 Å². The molecule has 2 unspecified atom stereocenters. The monoisotopic (exact) mass is 220 g/mol. The molecule has 0 aromatic heterocycles. The van der Waals surface area contributed by atoms with Gasteiger partial charge in [0, 0.05) is 5.41 Å². The Kier molecular flexibility index (Phi) is 2.76. The summed E-state index contributed by atoms with van der Waals surface area (Å²) < 4.78 is 0. The van der Waals surface area contributed by atoms with E-state index in [-0.39, 0.29) is 5.41 Å². The summed E-state index contributed by atoms with van der Waals surface area (Å²) >= 11 is 0. The largest absolute Gasteiger partial charge is 0.299 e. The Morgan fingerprint density at radius 1 is 1.44 bits per heavy atom. The van der Waals surface area contributed by atoms with E-state index < -0.39 is 0 Å². The van der Waals surface area contributed by atoms with Crippen molar-refractivity contribution in [3.05, 3.63) is 11.6 Å². The van der Waals surface area contributed by atoms with Gasteiger partial charge in [0.2, 0.25) is 0 Å². The van der Waals surface area contributed by atoms with Crippen molar-refractivity contribution in [1.82, 2.24) is 0 Å². The summed E-state index contributed by atoms with van der Waals surface area (Å²) in [6.07, 6.45) is 8.09. The molecule has 0 heterocycles. The first-order valence-corrected chi connectivity index (χ1v) is 6.52. The van der Waals surface area contributed by atoms with E-state index in [4.69, 9.17) is 0 Å². The van der Waals surface area contributed by atoms with Crippen LogP contribution in [-0.2, 0) is 4.79 Å². The van der Waals surface area contributed by atoms with Crippen LogP contribution in [0.5, 0.6) is 0 Å². The van der Waals surface area contributed by atoms with Crippen molar-refractivity contribution in [2.75, 3.05) is 0 Å². The van der Waals surface area contributed by atoms with Gasteiger partial charge in [-0.15, -0.1) is 0 Å². The summed E-state index contributed by atoms with van der Waals surface area (Å²) in [5.41, 5.74) is 1.74. The molecule has 0 saturated heterocycles. The van der Waals surface area contributed by atoms with Crippen LogP contribution in [0.25, 0.3) is 0 Å². The van der Waals surface area contributed by atoms with Crippen molar-refractivity contribution in [2.24, 2.45) is 16.7 Å². The van der Waals surface area contributed by atoms with Gasteiger partial charge in [0.25, 0.3) is 0 Å². The Balaban J connectivity index is 2.36. The van der Waals surface area contributed by atoms with Gasteiger partial charge in [-0.05, 0) is 57.3 Å². The van der Waals surface area contributed by atoms with Crippen LogP contribution < -0.4 is 0 Å². The highest BCUT2D eigenvalue weighted by atomic mass is 16.1. The average Bonchev–Trinajstić information content (AvgIpc) is 2.15. The van der Waals surface area contributed by atoms with Crippen molar-refractivity contribution < 1.29 is 4.79 Å². The predicted octanol–water partition coefficient (Wildman–Crippen LogP) is 4.13. The molecule has 2 aliphatic carbocycles. The lowest BCUT2D eigenvalue weighted by Gasteiger charge is -2.51. The van der Waals surface area contributed by atoms with Crippen LogP contribution in [0.1, 0.15) is 59.8 Å². The van der Waals surface area contributed by atoms with E-state index in [9.17, 15) is 4.79 Å². The number of hydrogen-bond acceptors (Lipinski definition) is 1. The van der Waals surface area contributed by atoms with Gasteiger partial charge in [-0.1, -0.05) is 25.5 Å². The maximum absolute atomic E-state index is 12.2. The second-order valence-corrected chi connectivity index (χ2v) is 6.75. The average molecular weight is 220 g/mol. The Labute approximate surface area is 99.3 Å². The second-order valence-electron chi connectivity index (χ2n) is 6.75. The van der Waals surface area contributed by atoms with Crippen LogP contribution in [0.15, 0.2) is 11.6 Å². The summed E-state index contributed by atoms with van der Waals surface area (Å²) in [5, 5.41) is 0. The third-order valence-electron chi connectivity index (χ3n) is 4.79. The van der Waals surface area contributed by atoms with Crippen molar-refractivity contribution in [3.63, 3.8) is 0 Å². The second kappa shape index (κ2) is 3.72. The molecule has 1 heteroatoms. The zero-order chi connectivity index (χ0) is 12.0. The molecular formula is C15H24O. The van der Waals surface area contributed by atoms with E-state index in [2.05, 4.69) is 26.8 Å². The van der Waals surface area contributed by atoms with Crippen molar-refractivity contribution in [1.29, 1.82) is 0 Å². The standard InChI is InChI=1S/C15H24O/c1-11-5-6-13-7-8-14(3,4)10-15(13,9-11)12(2)16/h5,13H,6-10H2,1-4H3. The van der Waals surface area contributed by atoms with Gasteiger partial charge >= 0.3 is 0 Å². The van der Waals surface area contributed by atoms with Crippen molar-refractivity contribution in [2.45, 2.75) is 59.8 Å². The topological polar surface area (TPSA) is 17.1 Å². The molecule has 1 saturated carbocycles. The normalized spacial score (nSPS) is 37.5. The highest BCUT2D eigenvalue weighted by molar-refractivity contribution is 5.83. The fraction of sp³-hybridized carbons (Fsp3) is 0.800. The van der Waals surface area contributed by atoms with E-state index in [0.717, 1.165) is 19.3 Å². The van der Waals surface area contributed by atoms with E-state index in [0.29, 0.717) is 17.1 Å². The SMILES string of the molecule is CC(=O)C12CC(C)=CCC1CCC(C)(C)C2. The number of carbonyl (C=O) groups excluding carboxylic acids is 1. The van der Waals surface area contributed by atoms with Crippen LogP contribution in [0.4, 0.5) is 0 Å². The molecule has 0 aromatic carbocycles. The van der Waals surface area contributed by atoms with Gasteiger partial charge in [0.15, 0.2) is 0 Å². The number of rotatable bonds is 1. The van der Waals surface area contributed by atoms with Crippen LogP contribution in [0.3, 0.4) is 0 Å². The Morgan fingerprint density at radius 3 is 2.75 bits per heavy atom. The molecule has 90 valence electrons. The van der Waals surface area contributed by atoms with Crippen LogP contribution in [0.2, 0.25) is 0 Å². The van der Waals surface area contributed by atoms with E-state index in [1.54, 1.807) is 0 Å². The predicted molar refractivity (Wildman–Crippen MR) is 67.2 cm³/mol. The fourth-order valence-corrected chi connectivity index (χ4v) is 3.93. The molecule has 0 radical (unpaired) electrons. The Morgan fingerprint density at radius 2 is 2.12 bits per heavy atom. The van der Waals surface area contributed by atoms with Crippen LogP contribution >= 0.6 is 0 Å². The maximum Gasteiger partial charge on any atom is 0.136 e. The molecule has 16 heavy (non-hydrogen) atoms. The third kappa shape index (κ3) is 1.85. The minimum Gasteiger partial charge on any atom is -0.299 e. The molecular weight excluding hydrogens is 196 g/mol. The van der Waals surface area contributed by atoms with Crippen molar-refractivity contribution >= 4 is 5.78 Å². The minimum atomic E-state index is -0.0272. The number of ketones is 1. The number of Topliss-reactive ketones (excluding diaryl/α,β-unsaturated/α-hetero) is 1. The number of hydrogen-bond donors (Lipinski definition) is 0. The molecule has 1 nitrogen and oxygen atoms in total. The molecule has 2 rings (SSSR count). The molecule has 0 bridgehead atoms. The Bertz CT molecular complexity index is 337. The molecule has 0 aliphatic heterocycles. The lowest BCUT2D eigenvalue weighted by molar-refractivity contribution is -0.136. The van der Waals surface area contributed by atoms with Gasteiger partial charge in [-0.3, -0.25) is 4.79 Å². The molecule has 0 spiro atoms. The third-order valence-corrected chi connectivity index (χ3v) is 4.79. The molecule has 1 fully saturated rings. The van der Waals surface area contributed by atoms with Gasteiger partial charge in [0.1, 0.15) is 5.78 Å². The summed E-state index contributed by atoms with van der Waals surface area (Å²) in [5.74, 6) is 1.04. The zero-order valence-electron chi connectivity index (χ0n) is 11.1. The van der Waals surface area contributed by atoms with Gasteiger partial charge in [-0.25, -0.2) is 0 Å². The Hall–Kier alpha value is -0.590. The quantitative estimate of drug-likeness (QED) is 0.607. The summed E-state index contributed by atoms with van der Waals surface area (Å²) in [7, 11) is 0. The summed E-state index contributed by atoms with van der Waals surface area (Å²) in [6.45, 7) is 8.64. The van der Waals surface area contributed by atoms with Gasteiger partial charge < -0.3 is 0 Å². The summed E-state index contributed by atoms with van der Waals surface area (Å²) in [6, 6.07) is 0. The molecule has 0 aromatic rings. The maximum atomic E-state index is 12.2. The first-order valence-electron chi connectivity index (χ1n) is 6.52. The number of fused-ring (bicyclic) bond motifs is 1. The summed E-state index contributed by atoms with van der Waals surface area (Å²) in [4.78, 5) is 12.2. The highest BCUT2D eigenvalue weighted by Crippen LogP contribution is 2.56. The first-order chi connectivity index (χ1) is 7.36. The van der Waals surface area contributed by atoms with E-state index in [1.165, 1.54) is 18.4 Å². The lowest BCUT2D eigenvalue weighted by atomic mass is 9.52. The molecule has 0 amide bonds. The van der Waals surface area contributed by atoms with Gasteiger partial charge in [-0.2, -0.15) is 0 Å². The number of carbonyl (C=O) groups is 1. The zero-order valence-corrected chi connectivity index (χ0v) is 11.1. The molecule has 0 N–H and O–H groups in total. The van der Waals surface area contributed by atoms with E-state index >= 15 is 0 Å². The smallest absolute Gasteiger partial charge is 0.136 e. The van der Waals surface area contributed by atoms with Crippen LogP contribution in [0, 0.1) is 16.7 Å². The number of allylic oxidation sites excluding steroid dienone is 2. The minimum absolute atomic E-state index is 0.0272.